The summed E-state index contributed by atoms with van der Waals surface area (Å²) in [5.74, 6) is -0.441. The molecule has 0 bridgehead atoms. The van der Waals surface area contributed by atoms with Crippen LogP contribution in [0.25, 0.3) is 0 Å². The van der Waals surface area contributed by atoms with E-state index in [1.165, 1.54) is 23.3 Å². The smallest absolute Gasteiger partial charge is 0.262 e. The molecule has 0 aromatic heterocycles. The summed E-state index contributed by atoms with van der Waals surface area (Å²) in [5, 5.41) is 0. The van der Waals surface area contributed by atoms with E-state index in [-0.39, 0.29) is 4.90 Å². The highest BCUT2D eigenvalue weighted by Gasteiger charge is 2.18. The molecule has 110 valence electrons. The van der Waals surface area contributed by atoms with Crippen LogP contribution in [-0.4, -0.2) is 8.42 Å². The van der Waals surface area contributed by atoms with Gasteiger partial charge < -0.3 is 0 Å². The molecule has 0 aliphatic heterocycles. The van der Waals surface area contributed by atoms with E-state index in [0.29, 0.717) is 11.3 Å². The lowest BCUT2D eigenvalue weighted by Crippen LogP contribution is -2.14. The summed E-state index contributed by atoms with van der Waals surface area (Å²) in [4.78, 5) is 0.101. The van der Waals surface area contributed by atoms with E-state index in [1.807, 2.05) is 12.1 Å². The number of anilines is 1. The molecule has 1 aliphatic carbocycles. The van der Waals surface area contributed by atoms with Gasteiger partial charge in [0, 0.05) is 5.69 Å². The third kappa shape index (κ3) is 2.78. The fourth-order valence-electron chi connectivity index (χ4n) is 2.76. The maximum absolute atomic E-state index is 13.1. The van der Waals surface area contributed by atoms with Crippen molar-refractivity contribution in [1.82, 2.24) is 0 Å². The topological polar surface area (TPSA) is 46.2 Å². The standard InChI is InChI=1S/C16H16FNO2S/c1-11-9-14(17)6-8-16(11)21(19,20)18-15-7-5-12-3-2-4-13(12)10-15/h5-10,18H,2-4H2,1H3. The molecule has 2 aromatic carbocycles. The van der Waals surface area contributed by atoms with Gasteiger partial charge in [-0.25, -0.2) is 12.8 Å². The lowest BCUT2D eigenvalue weighted by molar-refractivity contribution is 0.598. The second kappa shape index (κ2) is 5.15. The first kappa shape index (κ1) is 14.1. The maximum Gasteiger partial charge on any atom is 0.262 e. The Morgan fingerprint density at radius 3 is 2.57 bits per heavy atom. The average Bonchev–Trinajstić information content (AvgIpc) is 2.85. The zero-order chi connectivity index (χ0) is 15.0. The van der Waals surface area contributed by atoms with Crippen LogP contribution in [0.15, 0.2) is 41.3 Å². The molecule has 0 amide bonds. The molecule has 0 unspecified atom stereocenters. The zero-order valence-electron chi connectivity index (χ0n) is 11.7. The van der Waals surface area contributed by atoms with E-state index in [9.17, 15) is 12.8 Å². The average molecular weight is 305 g/mol. The summed E-state index contributed by atoms with van der Waals surface area (Å²) in [6, 6.07) is 9.30. The van der Waals surface area contributed by atoms with Crippen LogP contribution >= 0.6 is 0 Å². The molecule has 0 spiro atoms. The monoisotopic (exact) mass is 305 g/mol. The van der Waals surface area contributed by atoms with Gasteiger partial charge in [0.1, 0.15) is 5.82 Å². The number of hydrogen-bond donors (Lipinski definition) is 1. The van der Waals surface area contributed by atoms with Crippen LogP contribution in [0.2, 0.25) is 0 Å². The Bertz CT molecular complexity index is 800. The summed E-state index contributed by atoms with van der Waals surface area (Å²) in [6.45, 7) is 1.58. The lowest BCUT2D eigenvalue weighted by Gasteiger charge is -2.11. The quantitative estimate of drug-likeness (QED) is 0.944. The molecule has 0 saturated heterocycles. The molecule has 0 fully saturated rings. The van der Waals surface area contributed by atoms with E-state index in [2.05, 4.69) is 4.72 Å². The number of sulfonamides is 1. The predicted octanol–water partition coefficient (Wildman–Crippen LogP) is 3.42. The first-order chi connectivity index (χ1) is 9.95. The van der Waals surface area contributed by atoms with Gasteiger partial charge in [-0.05, 0) is 73.2 Å². The number of aryl methyl sites for hydroxylation is 3. The van der Waals surface area contributed by atoms with Crippen LogP contribution in [0.3, 0.4) is 0 Å². The number of fused-ring (bicyclic) bond motifs is 1. The van der Waals surface area contributed by atoms with E-state index < -0.39 is 15.8 Å². The molecular formula is C16H16FNO2S. The molecular weight excluding hydrogens is 289 g/mol. The van der Waals surface area contributed by atoms with E-state index in [0.717, 1.165) is 25.3 Å². The van der Waals surface area contributed by atoms with Crippen molar-refractivity contribution in [2.24, 2.45) is 0 Å². The van der Waals surface area contributed by atoms with Crippen LogP contribution in [-0.2, 0) is 22.9 Å². The lowest BCUT2D eigenvalue weighted by atomic mass is 10.1. The van der Waals surface area contributed by atoms with Crippen molar-refractivity contribution < 1.29 is 12.8 Å². The molecule has 0 atom stereocenters. The Labute approximate surface area is 123 Å². The highest BCUT2D eigenvalue weighted by atomic mass is 32.2. The minimum atomic E-state index is -3.69. The molecule has 5 heteroatoms. The van der Waals surface area contributed by atoms with Crippen molar-refractivity contribution in [1.29, 1.82) is 0 Å². The second-order valence-corrected chi connectivity index (χ2v) is 7.00. The van der Waals surface area contributed by atoms with Crippen LogP contribution < -0.4 is 4.72 Å². The fraction of sp³-hybridized carbons (Fsp3) is 0.250. The third-order valence-electron chi connectivity index (χ3n) is 3.78. The van der Waals surface area contributed by atoms with Gasteiger partial charge in [0.2, 0.25) is 0 Å². The first-order valence-corrected chi connectivity index (χ1v) is 8.35. The van der Waals surface area contributed by atoms with Gasteiger partial charge in [0.05, 0.1) is 4.90 Å². The Balaban J connectivity index is 1.92. The first-order valence-electron chi connectivity index (χ1n) is 6.86. The predicted molar refractivity (Wildman–Crippen MR) is 80.4 cm³/mol. The van der Waals surface area contributed by atoms with Crippen molar-refractivity contribution >= 4 is 15.7 Å². The minimum absolute atomic E-state index is 0.101. The Kier molecular flexibility index (Phi) is 3.45. The molecule has 0 heterocycles. The Hall–Kier alpha value is -1.88. The summed E-state index contributed by atoms with van der Waals surface area (Å²) in [5.41, 5.74) is 3.44. The number of hydrogen-bond acceptors (Lipinski definition) is 2. The van der Waals surface area contributed by atoms with E-state index in [4.69, 9.17) is 0 Å². The van der Waals surface area contributed by atoms with Crippen molar-refractivity contribution in [2.75, 3.05) is 4.72 Å². The highest BCUT2D eigenvalue weighted by Crippen LogP contribution is 2.26. The van der Waals surface area contributed by atoms with Crippen LogP contribution in [0.5, 0.6) is 0 Å². The second-order valence-electron chi connectivity index (χ2n) is 5.35. The van der Waals surface area contributed by atoms with Gasteiger partial charge in [-0.2, -0.15) is 0 Å². The minimum Gasteiger partial charge on any atom is -0.280 e. The highest BCUT2D eigenvalue weighted by molar-refractivity contribution is 7.92. The van der Waals surface area contributed by atoms with Gasteiger partial charge in [-0.1, -0.05) is 6.07 Å². The third-order valence-corrected chi connectivity index (χ3v) is 5.32. The summed E-state index contributed by atoms with van der Waals surface area (Å²) >= 11 is 0. The largest absolute Gasteiger partial charge is 0.280 e. The van der Waals surface area contributed by atoms with Gasteiger partial charge in [0.25, 0.3) is 10.0 Å². The number of nitrogens with one attached hydrogen (secondary N) is 1. The van der Waals surface area contributed by atoms with Crippen LogP contribution in [0.4, 0.5) is 10.1 Å². The molecule has 0 radical (unpaired) electrons. The van der Waals surface area contributed by atoms with Crippen molar-refractivity contribution in [3.05, 3.63) is 58.9 Å². The zero-order valence-corrected chi connectivity index (χ0v) is 12.5. The molecule has 3 nitrogen and oxygen atoms in total. The van der Waals surface area contributed by atoms with E-state index in [1.54, 1.807) is 13.0 Å². The fourth-order valence-corrected chi connectivity index (χ4v) is 4.04. The maximum atomic E-state index is 13.1. The van der Waals surface area contributed by atoms with Crippen molar-refractivity contribution in [2.45, 2.75) is 31.1 Å². The van der Waals surface area contributed by atoms with Gasteiger partial charge in [-0.15, -0.1) is 0 Å². The SMILES string of the molecule is Cc1cc(F)ccc1S(=O)(=O)Nc1ccc2c(c1)CCC2. The molecule has 1 N–H and O–H groups in total. The van der Waals surface area contributed by atoms with Crippen LogP contribution in [0, 0.1) is 12.7 Å². The Morgan fingerprint density at radius 1 is 1.05 bits per heavy atom. The van der Waals surface area contributed by atoms with Gasteiger partial charge in [0.15, 0.2) is 0 Å². The molecule has 2 aromatic rings. The Morgan fingerprint density at radius 2 is 1.81 bits per heavy atom. The number of rotatable bonds is 3. The summed E-state index contributed by atoms with van der Waals surface area (Å²) < 4.78 is 40.5. The summed E-state index contributed by atoms with van der Waals surface area (Å²) in [6.07, 6.45) is 3.16. The van der Waals surface area contributed by atoms with Gasteiger partial charge in [-0.3, -0.25) is 4.72 Å². The van der Waals surface area contributed by atoms with Crippen molar-refractivity contribution in [3.63, 3.8) is 0 Å². The number of benzene rings is 2. The van der Waals surface area contributed by atoms with Gasteiger partial charge >= 0.3 is 0 Å². The number of halogens is 1. The van der Waals surface area contributed by atoms with Crippen LogP contribution in [0.1, 0.15) is 23.1 Å². The van der Waals surface area contributed by atoms with Crippen molar-refractivity contribution in [3.8, 4) is 0 Å². The normalized spacial score (nSPS) is 14.0. The summed E-state index contributed by atoms with van der Waals surface area (Å²) in [7, 11) is -3.69. The molecule has 0 saturated carbocycles. The molecule has 1 aliphatic rings. The molecule has 21 heavy (non-hydrogen) atoms. The molecule has 3 rings (SSSR count). The van der Waals surface area contributed by atoms with E-state index >= 15 is 0 Å².